The molecule has 1 aliphatic heterocycles. The predicted molar refractivity (Wildman–Crippen MR) is 68.2 cm³/mol. The number of hydrogen-bond acceptors (Lipinski definition) is 2. The van der Waals surface area contributed by atoms with Crippen LogP contribution in [-0.2, 0) is 0 Å². The van der Waals surface area contributed by atoms with Crippen LogP contribution in [-0.4, -0.2) is 30.3 Å². The third kappa shape index (κ3) is 1.19. The maximum atomic E-state index is 9.60. The number of rotatable bonds is 0. The standard InChI is InChI=1S/C13H8N2OSe/c16-7-4-5-10-8(6-7)13-12-9(14-15-13)2-1-3-11(12)17-10/h1-6,16H,(H,14,15). The first-order valence-corrected chi connectivity index (χ1v) is 7.02. The zero-order valence-corrected chi connectivity index (χ0v) is 10.5. The number of aromatic nitrogens is 2. The molecule has 0 unspecified atom stereocenters. The summed E-state index contributed by atoms with van der Waals surface area (Å²) >= 11 is 0.291. The Hall–Kier alpha value is -1.77. The molecule has 4 heteroatoms. The molecule has 4 rings (SSSR count). The molecule has 0 saturated heterocycles. The molecule has 2 aromatic carbocycles. The van der Waals surface area contributed by atoms with Crippen LogP contribution in [0.15, 0.2) is 36.4 Å². The number of fused-ring (bicyclic) bond motifs is 2. The van der Waals surface area contributed by atoms with Crippen molar-refractivity contribution in [2.45, 2.75) is 0 Å². The average Bonchev–Trinajstić information content (AvgIpc) is 2.77. The zero-order valence-electron chi connectivity index (χ0n) is 8.77. The molecule has 0 amide bonds. The maximum absolute atomic E-state index is 9.60. The topological polar surface area (TPSA) is 48.9 Å². The normalized spacial score (nSPS) is 12.7. The predicted octanol–water partition coefficient (Wildman–Crippen LogP) is 0.904. The van der Waals surface area contributed by atoms with Crippen LogP contribution < -0.4 is 8.92 Å². The van der Waals surface area contributed by atoms with Gasteiger partial charge >= 0.3 is 103 Å². The van der Waals surface area contributed by atoms with Crippen molar-refractivity contribution in [3.63, 3.8) is 0 Å². The fourth-order valence-corrected chi connectivity index (χ4v) is 4.53. The van der Waals surface area contributed by atoms with Gasteiger partial charge in [0.05, 0.1) is 0 Å². The van der Waals surface area contributed by atoms with Crippen molar-refractivity contribution < 1.29 is 5.11 Å². The van der Waals surface area contributed by atoms with Crippen LogP contribution in [0.2, 0.25) is 0 Å². The molecular formula is C13H8N2OSe. The quantitative estimate of drug-likeness (QED) is 0.472. The molecule has 0 fully saturated rings. The van der Waals surface area contributed by atoms with E-state index in [-0.39, 0.29) is 0 Å². The molecule has 2 N–H and O–H groups in total. The monoisotopic (exact) mass is 288 g/mol. The van der Waals surface area contributed by atoms with Gasteiger partial charge in [-0.15, -0.1) is 0 Å². The average molecular weight is 287 g/mol. The van der Waals surface area contributed by atoms with E-state index in [1.807, 2.05) is 18.2 Å². The number of aromatic amines is 1. The van der Waals surface area contributed by atoms with Gasteiger partial charge in [-0.3, -0.25) is 0 Å². The van der Waals surface area contributed by atoms with Gasteiger partial charge in [0.2, 0.25) is 0 Å². The number of nitrogens with one attached hydrogen (secondary N) is 1. The van der Waals surface area contributed by atoms with E-state index in [2.05, 4.69) is 22.3 Å². The van der Waals surface area contributed by atoms with Crippen molar-refractivity contribution in [2.75, 3.05) is 0 Å². The van der Waals surface area contributed by atoms with E-state index in [0.29, 0.717) is 20.7 Å². The van der Waals surface area contributed by atoms with Crippen LogP contribution in [0, 0.1) is 0 Å². The van der Waals surface area contributed by atoms with Crippen molar-refractivity contribution in [3.8, 4) is 17.0 Å². The van der Waals surface area contributed by atoms with Crippen LogP contribution in [0.4, 0.5) is 0 Å². The summed E-state index contributed by atoms with van der Waals surface area (Å²) in [5, 5.41) is 18.3. The van der Waals surface area contributed by atoms with Gasteiger partial charge in [-0.1, -0.05) is 0 Å². The molecule has 0 bridgehead atoms. The Kier molecular flexibility index (Phi) is 1.71. The number of phenols is 1. The molecular weight excluding hydrogens is 279 g/mol. The number of hydrogen-bond donors (Lipinski definition) is 2. The minimum absolute atomic E-state index is 0.291. The molecule has 2 heterocycles. The fraction of sp³-hybridized carbons (Fsp3) is 0. The summed E-state index contributed by atoms with van der Waals surface area (Å²) in [5.41, 5.74) is 3.11. The van der Waals surface area contributed by atoms with E-state index in [1.165, 1.54) is 14.3 Å². The number of phenolic OH excluding ortho intramolecular Hbond substituents is 1. The molecule has 0 aliphatic carbocycles. The van der Waals surface area contributed by atoms with Gasteiger partial charge in [-0.25, -0.2) is 0 Å². The van der Waals surface area contributed by atoms with Gasteiger partial charge in [0, 0.05) is 0 Å². The van der Waals surface area contributed by atoms with Crippen molar-refractivity contribution in [2.24, 2.45) is 0 Å². The van der Waals surface area contributed by atoms with E-state index < -0.39 is 0 Å². The number of aromatic hydroxyl groups is 1. The summed E-state index contributed by atoms with van der Waals surface area (Å²) in [6.07, 6.45) is 0. The van der Waals surface area contributed by atoms with Crippen molar-refractivity contribution in [1.29, 1.82) is 0 Å². The van der Waals surface area contributed by atoms with Crippen molar-refractivity contribution in [3.05, 3.63) is 36.4 Å². The third-order valence-corrected chi connectivity index (χ3v) is 5.37. The molecule has 0 radical (unpaired) electrons. The van der Waals surface area contributed by atoms with Crippen LogP contribution in [0.3, 0.4) is 0 Å². The Balaban J connectivity index is 2.17. The summed E-state index contributed by atoms with van der Waals surface area (Å²) in [7, 11) is 0. The molecule has 3 aromatic rings. The molecule has 1 aliphatic rings. The van der Waals surface area contributed by atoms with Gasteiger partial charge in [0.15, 0.2) is 0 Å². The molecule has 82 valence electrons. The van der Waals surface area contributed by atoms with Crippen LogP contribution in [0.1, 0.15) is 0 Å². The third-order valence-electron chi connectivity index (χ3n) is 2.99. The Morgan fingerprint density at radius 2 is 2.06 bits per heavy atom. The van der Waals surface area contributed by atoms with Gasteiger partial charge < -0.3 is 0 Å². The molecule has 0 atom stereocenters. The second kappa shape index (κ2) is 3.13. The van der Waals surface area contributed by atoms with Crippen LogP contribution in [0.5, 0.6) is 5.75 Å². The summed E-state index contributed by atoms with van der Waals surface area (Å²) in [5.74, 6) is 0.301. The molecule has 3 nitrogen and oxygen atoms in total. The Morgan fingerprint density at radius 1 is 1.12 bits per heavy atom. The molecule has 17 heavy (non-hydrogen) atoms. The molecule has 0 saturated carbocycles. The number of benzene rings is 2. The van der Waals surface area contributed by atoms with Gasteiger partial charge in [-0.2, -0.15) is 0 Å². The summed E-state index contributed by atoms with van der Waals surface area (Å²) in [6, 6.07) is 11.8. The summed E-state index contributed by atoms with van der Waals surface area (Å²) < 4.78 is 2.64. The van der Waals surface area contributed by atoms with Gasteiger partial charge in [-0.05, 0) is 0 Å². The summed E-state index contributed by atoms with van der Waals surface area (Å²) in [4.78, 5) is 0. The van der Waals surface area contributed by atoms with E-state index in [4.69, 9.17) is 0 Å². The van der Waals surface area contributed by atoms with Crippen molar-refractivity contribution in [1.82, 2.24) is 10.2 Å². The van der Waals surface area contributed by atoms with E-state index >= 15 is 0 Å². The minimum atomic E-state index is 0.291. The number of H-pyrrole nitrogens is 1. The Bertz CT molecular complexity index is 748. The SMILES string of the molecule is Oc1ccc2c(c1)-c1n[nH]c3cccc(c13)[Se]2. The first-order valence-electron chi connectivity index (χ1n) is 5.31. The Labute approximate surface area is 104 Å². The number of nitrogens with zero attached hydrogens (tertiary/aromatic N) is 1. The van der Waals surface area contributed by atoms with Crippen molar-refractivity contribution >= 4 is 34.8 Å². The first-order chi connectivity index (χ1) is 8.33. The second-order valence-corrected chi connectivity index (χ2v) is 6.31. The molecule has 1 aromatic heterocycles. The van der Waals surface area contributed by atoms with Crippen LogP contribution >= 0.6 is 0 Å². The van der Waals surface area contributed by atoms with E-state index in [1.54, 1.807) is 6.07 Å². The van der Waals surface area contributed by atoms with E-state index in [9.17, 15) is 5.11 Å². The van der Waals surface area contributed by atoms with Crippen LogP contribution in [0.25, 0.3) is 22.2 Å². The first kappa shape index (κ1) is 9.28. The molecule has 0 spiro atoms. The zero-order chi connectivity index (χ0) is 11.4. The van der Waals surface area contributed by atoms with Gasteiger partial charge in [0.1, 0.15) is 0 Å². The van der Waals surface area contributed by atoms with E-state index in [0.717, 1.165) is 16.8 Å². The second-order valence-electron chi connectivity index (χ2n) is 4.03. The summed E-state index contributed by atoms with van der Waals surface area (Å²) in [6.45, 7) is 0. The van der Waals surface area contributed by atoms with Gasteiger partial charge in [0.25, 0.3) is 0 Å². The Morgan fingerprint density at radius 3 is 3.00 bits per heavy atom. The fourth-order valence-electron chi connectivity index (χ4n) is 2.23.